The lowest BCUT2D eigenvalue weighted by molar-refractivity contribution is 0.976. The van der Waals surface area contributed by atoms with Crippen LogP contribution < -0.4 is 11.0 Å². The summed E-state index contributed by atoms with van der Waals surface area (Å²) < 4.78 is 1.63. The van der Waals surface area contributed by atoms with Crippen LogP contribution in [0.3, 0.4) is 0 Å². The summed E-state index contributed by atoms with van der Waals surface area (Å²) >= 11 is 6.50. The van der Waals surface area contributed by atoms with Gasteiger partial charge in [0.1, 0.15) is 13.7 Å². The Bertz CT molecular complexity index is 1190. The summed E-state index contributed by atoms with van der Waals surface area (Å²) in [7, 11) is 1.99. The zero-order valence-corrected chi connectivity index (χ0v) is 15.3. The van der Waals surface area contributed by atoms with Gasteiger partial charge in [0.25, 0.3) is 5.56 Å². The molecule has 126 valence electrons. The third-order valence-electron chi connectivity index (χ3n) is 4.40. The number of para-hydroxylation sites is 1. The lowest BCUT2D eigenvalue weighted by atomic mass is 9.95. The number of benzene rings is 3. The maximum absolute atomic E-state index is 13.3. The van der Waals surface area contributed by atoms with E-state index in [1.165, 1.54) is 0 Å². The van der Waals surface area contributed by atoms with Crippen molar-refractivity contribution in [1.82, 2.24) is 9.55 Å². The highest BCUT2D eigenvalue weighted by molar-refractivity contribution is 6.33. The molecule has 5 heteroatoms. The van der Waals surface area contributed by atoms with Crippen LogP contribution in [0.5, 0.6) is 0 Å². The van der Waals surface area contributed by atoms with Crippen LogP contribution in [0.2, 0.25) is 5.02 Å². The van der Waals surface area contributed by atoms with Crippen LogP contribution in [0.1, 0.15) is 5.56 Å². The Hall–Kier alpha value is -2.85. The fourth-order valence-electron chi connectivity index (χ4n) is 3.09. The van der Waals surface area contributed by atoms with Crippen LogP contribution in [-0.4, -0.2) is 17.4 Å². The third-order valence-corrected chi connectivity index (χ3v) is 4.72. The maximum Gasteiger partial charge on any atom is 0.266 e. The van der Waals surface area contributed by atoms with Crippen molar-refractivity contribution in [3.63, 3.8) is 0 Å². The molecule has 0 radical (unpaired) electrons. The van der Waals surface area contributed by atoms with Crippen molar-refractivity contribution >= 4 is 35.8 Å². The molecular formula is C21H16BClN2O. The van der Waals surface area contributed by atoms with Gasteiger partial charge in [-0.2, -0.15) is 0 Å². The van der Waals surface area contributed by atoms with Crippen molar-refractivity contribution in [3.05, 3.63) is 87.7 Å². The normalized spacial score (nSPS) is 11.0. The Balaban J connectivity index is 2.14. The highest BCUT2D eigenvalue weighted by Gasteiger charge is 2.16. The molecule has 1 aromatic heterocycles. The van der Waals surface area contributed by atoms with Crippen LogP contribution in [0.15, 0.2) is 71.5 Å². The van der Waals surface area contributed by atoms with E-state index in [1.54, 1.807) is 4.57 Å². The second kappa shape index (κ2) is 6.47. The van der Waals surface area contributed by atoms with E-state index >= 15 is 0 Å². The molecule has 0 fully saturated rings. The third kappa shape index (κ3) is 2.82. The van der Waals surface area contributed by atoms with Crippen LogP contribution in [-0.2, 0) is 0 Å². The number of halogens is 1. The molecule has 3 nitrogen and oxygen atoms in total. The molecule has 1 heterocycles. The Kier molecular flexibility index (Phi) is 4.13. The molecule has 4 rings (SSSR count). The Morgan fingerprint density at radius 2 is 1.77 bits per heavy atom. The number of rotatable bonds is 2. The second-order valence-electron chi connectivity index (χ2n) is 6.42. The summed E-state index contributed by atoms with van der Waals surface area (Å²) in [4.78, 5) is 18.1. The molecular weight excluding hydrogens is 343 g/mol. The quantitative estimate of drug-likeness (QED) is 0.516. The van der Waals surface area contributed by atoms with E-state index in [0.717, 1.165) is 22.3 Å². The highest BCUT2D eigenvalue weighted by Crippen LogP contribution is 2.29. The van der Waals surface area contributed by atoms with Crippen LogP contribution in [0, 0.1) is 6.92 Å². The predicted molar refractivity (Wildman–Crippen MR) is 111 cm³/mol. The van der Waals surface area contributed by atoms with Gasteiger partial charge in [-0.25, -0.2) is 4.98 Å². The molecule has 0 bridgehead atoms. The van der Waals surface area contributed by atoms with E-state index in [4.69, 9.17) is 16.6 Å². The molecule has 0 spiro atoms. The predicted octanol–water partition coefficient (Wildman–Crippen LogP) is 3.27. The number of nitrogens with zero attached hydrogens (tertiary/aromatic N) is 2. The second-order valence-corrected chi connectivity index (χ2v) is 6.82. The van der Waals surface area contributed by atoms with Gasteiger partial charge in [-0.05, 0) is 48.9 Å². The highest BCUT2D eigenvalue weighted by atomic mass is 35.5. The monoisotopic (exact) mass is 358 g/mol. The summed E-state index contributed by atoms with van der Waals surface area (Å²) in [5.74, 6) is 0.546. The average molecular weight is 359 g/mol. The van der Waals surface area contributed by atoms with E-state index in [-0.39, 0.29) is 5.56 Å². The summed E-state index contributed by atoms with van der Waals surface area (Å²) in [6, 6.07) is 21.0. The van der Waals surface area contributed by atoms with Crippen molar-refractivity contribution in [2.75, 3.05) is 0 Å². The van der Waals surface area contributed by atoms with Crippen molar-refractivity contribution in [1.29, 1.82) is 0 Å². The van der Waals surface area contributed by atoms with Gasteiger partial charge < -0.3 is 0 Å². The first kappa shape index (κ1) is 16.6. The van der Waals surface area contributed by atoms with Gasteiger partial charge in [-0.1, -0.05) is 47.4 Å². The smallest absolute Gasteiger partial charge is 0.266 e. The number of hydrogen-bond acceptors (Lipinski definition) is 2. The zero-order valence-electron chi connectivity index (χ0n) is 14.5. The maximum atomic E-state index is 13.3. The summed E-state index contributed by atoms with van der Waals surface area (Å²) in [5, 5.41) is 1.17. The van der Waals surface area contributed by atoms with Gasteiger partial charge in [0.05, 0.1) is 21.6 Å². The average Bonchev–Trinajstić information content (AvgIpc) is 2.62. The largest absolute Gasteiger partial charge is 0.268 e. The first-order valence-corrected chi connectivity index (χ1v) is 8.78. The topological polar surface area (TPSA) is 34.9 Å². The molecule has 0 aliphatic heterocycles. The fourth-order valence-corrected chi connectivity index (χ4v) is 3.41. The standard InChI is InChI=1S/C21H16BClN2O/c1-13-7-9-16(18(23)11-13)20-24-19-12-14(22)8-10-17(19)21(26)25(20)15-5-3-2-4-6-15/h2-12H,22H2,1H3. The van der Waals surface area contributed by atoms with Crippen molar-refractivity contribution in [2.45, 2.75) is 6.92 Å². The van der Waals surface area contributed by atoms with Crippen LogP contribution in [0.4, 0.5) is 0 Å². The van der Waals surface area contributed by atoms with Gasteiger partial charge in [0, 0.05) is 5.56 Å². The van der Waals surface area contributed by atoms with Crippen molar-refractivity contribution < 1.29 is 0 Å². The molecule has 0 amide bonds. The SMILES string of the molecule is Bc1ccc2c(=O)n(-c3ccccc3)c(-c3ccc(C)cc3Cl)nc2c1. The number of aryl methyl sites for hydroxylation is 1. The molecule has 0 aliphatic rings. The number of aromatic nitrogens is 2. The summed E-state index contributed by atoms with van der Waals surface area (Å²) in [6.07, 6.45) is 0. The Morgan fingerprint density at radius 1 is 1.00 bits per heavy atom. The molecule has 0 unspecified atom stereocenters. The molecule has 4 aromatic rings. The zero-order chi connectivity index (χ0) is 18.3. The van der Waals surface area contributed by atoms with Gasteiger partial charge in [-0.3, -0.25) is 9.36 Å². The summed E-state index contributed by atoms with van der Waals surface area (Å²) in [6.45, 7) is 1.98. The molecule has 0 saturated heterocycles. The number of fused-ring (bicyclic) bond motifs is 1. The first-order valence-electron chi connectivity index (χ1n) is 8.40. The van der Waals surface area contributed by atoms with Gasteiger partial charge in [0.15, 0.2) is 0 Å². The van der Waals surface area contributed by atoms with Crippen molar-refractivity contribution in [2.24, 2.45) is 0 Å². The minimum Gasteiger partial charge on any atom is -0.268 e. The molecule has 3 aromatic carbocycles. The lowest BCUT2D eigenvalue weighted by Gasteiger charge is -2.15. The van der Waals surface area contributed by atoms with E-state index in [2.05, 4.69) is 0 Å². The van der Waals surface area contributed by atoms with Gasteiger partial charge in [0.2, 0.25) is 0 Å². The van der Waals surface area contributed by atoms with Gasteiger partial charge in [-0.15, -0.1) is 0 Å². The Labute approximate surface area is 157 Å². The molecule has 0 saturated carbocycles. The minimum absolute atomic E-state index is 0.104. The number of hydrogen-bond donors (Lipinski definition) is 0. The molecule has 0 N–H and O–H groups in total. The Morgan fingerprint density at radius 3 is 2.50 bits per heavy atom. The van der Waals surface area contributed by atoms with E-state index in [0.29, 0.717) is 21.7 Å². The molecule has 0 atom stereocenters. The summed E-state index contributed by atoms with van der Waals surface area (Å²) in [5.41, 5.74) is 4.19. The van der Waals surface area contributed by atoms with Gasteiger partial charge >= 0.3 is 0 Å². The molecule has 26 heavy (non-hydrogen) atoms. The minimum atomic E-state index is -0.104. The van der Waals surface area contributed by atoms with Crippen LogP contribution >= 0.6 is 11.6 Å². The van der Waals surface area contributed by atoms with Crippen LogP contribution in [0.25, 0.3) is 28.0 Å². The van der Waals surface area contributed by atoms with E-state index in [1.807, 2.05) is 81.5 Å². The van der Waals surface area contributed by atoms with E-state index < -0.39 is 0 Å². The lowest BCUT2D eigenvalue weighted by Crippen LogP contribution is -2.22. The fraction of sp³-hybridized carbons (Fsp3) is 0.0476. The van der Waals surface area contributed by atoms with Crippen molar-refractivity contribution in [3.8, 4) is 17.1 Å². The molecule has 0 aliphatic carbocycles. The first-order chi connectivity index (χ1) is 12.5. The van der Waals surface area contributed by atoms with E-state index in [9.17, 15) is 4.79 Å².